The summed E-state index contributed by atoms with van der Waals surface area (Å²) in [5, 5.41) is 0. The molecule has 2 aromatic carbocycles. The van der Waals surface area contributed by atoms with Crippen molar-refractivity contribution >= 4 is 11.6 Å². The molecule has 108 valence electrons. The van der Waals surface area contributed by atoms with Crippen molar-refractivity contribution in [3.8, 4) is 0 Å². The zero-order valence-electron chi connectivity index (χ0n) is 12.5. The van der Waals surface area contributed by atoms with Crippen LogP contribution in [0.4, 0.5) is 5.69 Å². The van der Waals surface area contributed by atoms with Gasteiger partial charge in [-0.1, -0.05) is 62.4 Å². The van der Waals surface area contributed by atoms with E-state index in [-0.39, 0.29) is 5.54 Å². The van der Waals surface area contributed by atoms with Crippen LogP contribution < -0.4 is 10.6 Å². The Morgan fingerprint density at radius 1 is 1.00 bits per heavy atom. The summed E-state index contributed by atoms with van der Waals surface area (Å²) in [5.74, 6) is 0.976. The van der Waals surface area contributed by atoms with Crippen LogP contribution in [0.25, 0.3) is 0 Å². The Morgan fingerprint density at radius 2 is 1.57 bits per heavy atom. The average molecular weight is 279 g/mol. The highest BCUT2D eigenvalue weighted by molar-refractivity contribution is 5.98. The second kappa shape index (κ2) is 5.24. The maximum atomic E-state index is 6.24. The lowest BCUT2D eigenvalue weighted by Gasteiger charge is -2.43. The summed E-state index contributed by atoms with van der Waals surface area (Å²) in [6.45, 7) is 5.16. The van der Waals surface area contributed by atoms with Gasteiger partial charge in [0.2, 0.25) is 0 Å². The van der Waals surface area contributed by atoms with Crippen LogP contribution in [-0.4, -0.2) is 12.5 Å². The second-order valence-corrected chi connectivity index (χ2v) is 5.79. The van der Waals surface area contributed by atoms with Crippen molar-refractivity contribution in [3.63, 3.8) is 0 Å². The molecule has 0 spiro atoms. The van der Waals surface area contributed by atoms with Crippen LogP contribution in [0.1, 0.15) is 19.4 Å². The number of para-hydroxylation sites is 1. The summed E-state index contributed by atoms with van der Waals surface area (Å²) in [5.41, 5.74) is 8.37. The summed E-state index contributed by atoms with van der Waals surface area (Å²) in [6, 6.07) is 20.8. The highest BCUT2D eigenvalue weighted by atomic mass is 15.4. The van der Waals surface area contributed by atoms with Gasteiger partial charge in [0, 0.05) is 5.69 Å². The second-order valence-electron chi connectivity index (χ2n) is 5.79. The molecule has 0 fully saturated rings. The minimum atomic E-state index is -0.216. The van der Waals surface area contributed by atoms with Crippen LogP contribution in [0, 0.1) is 5.92 Å². The summed E-state index contributed by atoms with van der Waals surface area (Å²) >= 11 is 0. The molecular weight excluding hydrogens is 258 g/mol. The smallest absolute Gasteiger partial charge is 0.196 e. The molecule has 21 heavy (non-hydrogen) atoms. The number of hydrogen-bond donors (Lipinski definition) is 1. The monoisotopic (exact) mass is 279 g/mol. The fourth-order valence-electron chi connectivity index (χ4n) is 3.21. The number of benzene rings is 2. The predicted octanol–water partition coefficient (Wildman–Crippen LogP) is 3.37. The first-order valence-corrected chi connectivity index (χ1v) is 7.37. The Hall–Kier alpha value is -2.29. The molecule has 2 N–H and O–H groups in total. The van der Waals surface area contributed by atoms with Gasteiger partial charge in [0.05, 0.1) is 12.1 Å². The zero-order chi connectivity index (χ0) is 14.9. The molecule has 1 aliphatic rings. The van der Waals surface area contributed by atoms with Gasteiger partial charge in [-0.25, -0.2) is 0 Å². The highest BCUT2D eigenvalue weighted by Gasteiger charge is 2.46. The number of nitrogens with zero attached hydrogens (tertiary/aromatic N) is 2. The number of hydrogen-bond acceptors (Lipinski definition) is 3. The zero-order valence-corrected chi connectivity index (χ0v) is 12.5. The van der Waals surface area contributed by atoms with Gasteiger partial charge in [0.1, 0.15) is 0 Å². The molecule has 1 heterocycles. The van der Waals surface area contributed by atoms with Gasteiger partial charge in [-0.2, -0.15) is 0 Å². The molecule has 3 heteroatoms. The number of anilines is 1. The molecule has 2 aromatic rings. The van der Waals surface area contributed by atoms with Crippen LogP contribution in [0.5, 0.6) is 0 Å². The van der Waals surface area contributed by atoms with E-state index in [0.29, 0.717) is 18.4 Å². The molecule has 0 saturated heterocycles. The first kappa shape index (κ1) is 13.7. The average Bonchev–Trinajstić information content (AvgIpc) is 2.87. The van der Waals surface area contributed by atoms with Crippen molar-refractivity contribution in [2.45, 2.75) is 19.4 Å². The SMILES string of the molecule is CC(C)C1(c2ccccc2)CN=C(N)N1c1ccccc1. The maximum absolute atomic E-state index is 6.24. The Balaban J connectivity index is 2.17. The first-order valence-electron chi connectivity index (χ1n) is 7.37. The van der Waals surface area contributed by atoms with Crippen molar-refractivity contribution in [1.29, 1.82) is 0 Å². The summed E-state index contributed by atoms with van der Waals surface area (Å²) in [6.07, 6.45) is 0. The van der Waals surface area contributed by atoms with E-state index in [1.165, 1.54) is 5.56 Å². The van der Waals surface area contributed by atoms with Gasteiger partial charge in [-0.15, -0.1) is 0 Å². The lowest BCUT2D eigenvalue weighted by Crippen LogP contribution is -2.53. The van der Waals surface area contributed by atoms with Gasteiger partial charge >= 0.3 is 0 Å². The molecule has 1 unspecified atom stereocenters. The molecule has 1 atom stereocenters. The van der Waals surface area contributed by atoms with Crippen molar-refractivity contribution in [3.05, 3.63) is 66.2 Å². The van der Waals surface area contributed by atoms with Crippen LogP contribution in [0.15, 0.2) is 65.7 Å². The molecule has 3 nitrogen and oxygen atoms in total. The normalized spacial score (nSPS) is 21.7. The number of guanidine groups is 1. The molecule has 0 saturated carbocycles. The lowest BCUT2D eigenvalue weighted by atomic mass is 9.78. The molecular formula is C18H21N3. The lowest BCUT2D eigenvalue weighted by molar-refractivity contribution is 0.343. The van der Waals surface area contributed by atoms with E-state index in [0.717, 1.165) is 5.69 Å². The van der Waals surface area contributed by atoms with Crippen molar-refractivity contribution < 1.29 is 0 Å². The molecule has 0 bridgehead atoms. The summed E-state index contributed by atoms with van der Waals surface area (Å²) in [4.78, 5) is 6.75. The fourth-order valence-corrected chi connectivity index (χ4v) is 3.21. The van der Waals surface area contributed by atoms with E-state index in [9.17, 15) is 0 Å². The Labute approximate surface area is 126 Å². The van der Waals surface area contributed by atoms with Crippen LogP contribution >= 0.6 is 0 Å². The van der Waals surface area contributed by atoms with Gasteiger partial charge in [-0.3, -0.25) is 4.99 Å². The van der Waals surface area contributed by atoms with Crippen LogP contribution in [0.3, 0.4) is 0 Å². The third-order valence-electron chi connectivity index (χ3n) is 4.35. The van der Waals surface area contributed by atoms with E-state index in [1.807, 2.05) is 24.3 Å². The van der Waals surface area contributed by atoms with Crippen molar-refractivity contribution in [2.24, 2.45) is 16.6 Å². The Bertz CT molecular complexity index is 634. The van der Waals surface area contributed by atoms with E-state index < -0.39 is 0 Å². The first-order chi connectivity index (χ1) is 10.2. The molecule has 3 rings (SSSR count). The standard InChI is InChI=1S/C18H21N3/c1-14(2)18(15-9-5-3-6-10-15)13-20-17(19)21(18)16-11-7-4-8-12-16/h3-12,14H,13H2,1-2H3,(H2,19,20). The largest absolute Gasteiger partial charge is 0.369 e. The van der Waals surface area contributed by atoms with Crippen molar-refractivity contribution in [2.75, 3.05) is 11.4 Å². The number of aliphatic imine (C=N–C) groups is 1. The number of nitrogens with two attached hydrogens (primary N) is 1. The molecule has 0 radical (unpaired) electrons. The Morgan fingerprint density at radius 3 is 2.14 bits per heavy atom. The highest BCUT2D eigenvalue weighted by Crippen LogP contribution is 2.42. The third kappa shape index (κ3) is 2.09. The third-order valence-corrected chi connectivity index (χ3v) is 4.35. The van der Waals surface area contributed by atoms with E-state index in [4.69, 9.17) is 5.73 Å². The molecule has 1 aliphatic heterocycles. The fraction of sp³-hybridized carbons (Fsp3) is 0.278. The van der Waals surface area contributed by atoms with E-state index in [1.54, 1.807) is 0 Å². The Kier molecular flexibility index (Phi) is 3.42. The molecule has 0 amide bonds. The minimum Gasteiger partial charge on any atom is -0.369 e. The van der Waals surface area contributed by atoms with Gasteiger partial charge in [0.15, 0.2) is 5.96 Å². The van der Waals surface area contributed by atoms with Gasteiger partial charge in [0.25, 0.3) is 0 Å². The molecule has 0 aliphatic carbocycles. The van der Waals surface area contributed by atoms with Gasteiger partial charge < -0.3 is 10.6 Å². The molecule has 0 aromatic heterocycles. The van der Waals surface area contributed by atoms with E-state index >= 15 is 0 Å². The topological polar surface area (TPSA) is 41.6 Å². The summed E-state index contributed by atoms with van der Waals surface area (Å²) in [7, 11) is 0. The van der Waals surface area contributed by atoms with Crippen LogP contribution in [0.2, 0.25) is 0 Å². The van der Waals surface area contributed by atoms with E-state index in [2.05, 4.69) is 60.1 Å². The maximum Gasteiger partial charge on any atom is 0.196 e. The van der Waals surface area contributed by atoms with Crippen LogP contribution in [-0.2, 0) is 5.54 Å². The minimum absolute atomic E-state index is 0.216. The quantitative estimate of drug-likeness (QED) is 0.936. The predicted molar refractivity (Wildman–Crippen MR) is 88.4 cm³/mol. The summed E-state index contributed by atoms with van der Waals surface area (Å²) < 4.78 is 0. The van der Waals surface area contributed by atoms with Crippen molar-refractivity contribution in [1.82, 2.24) is 0 Å². The van der Waals surface area contributed by atoms with Gasteiger partial charge in [-0.05, 0) is 23.6 Å². The number of rotatable bonds is 3.